The van der Waals surface area contributed by atoms with E-state index >= 15 is 0 Å². The highest BCUT2D eigenvalue weighted by atomic mass is 35.5. The first-order valence-electron chi connectivity index (χ1n) is 7.07. The first-order valence-corrected chi connectivity index (χ1v) is 7.07. The fourth-order valence-corrected chi connectivity index (χ4v) is 2.94. The Morgan fingerprint density at radius 2 is 2.00 bits per heavy atom. The quantitative estimate of drug-likeness (QED) is 0.935. The highest BCUT2D eigenvalue weighted by Crippen LogP contribution is 2.19. The van der Waals surface area contributed by atoms with E-state index < -0.39 is 0 Å². The third-order valence-electron chi connectivity index (χ3n) is 3.90. The van der Waals surface area contributed by atoms with Crippen molar-refractivity contribution in [3.8, 4) is 0 Å². The number of nitrogens with one attached hydrogen (secondary N) is 1. The van der Waals surface area contributed by atoms with Crippen LogP contribution in [0.3, 0.4) is 0 Å². The smallest absolute Gasteiger partial charge is 0.0705 e. The Kier molecular flexibility index (Phi) is 7.40. The van der Waals surface area contributed by atoms with Crippen molar-refractivity contribution in [1.82, 2.24) is 15.2 Å². The second-order valence-corrected chi connectivity index (χ2v) is 5.44. The van der Waals surface area contributed by atoms with Gasteiger partial charge in [0.05, 0.1) is 11.2 Å². The molecule has 3 rings (SSSR count). The summed E-state index contributed by atoms with van der Waals surface area (Å²) in [5, 5.41) is 4.50. The third-order valence-corrected chi connectivity index (χ3v) is 3.90. The summed E-state index contributed by atoms with van der Waals surface area (Å²) in [6.07, 6.45) is 1.30. The molecule has 2 heterocycles. The normalized spacial score (nSPS) is 18.2. The van der Waals surface area contributed by atoms with Gasteiger partial charge in [0.2, 0.25) is 0 Å². The Balaban J connectivity index is 0.00000110. The van der Waals surface area contributed by atoms with E-state index in [9.17, 15) is 0 Å². The predicted molar refractivity (Wildman–Crippen MR) is 93.5 cm³/mol. The standard InChI is InChI=1S/C16H21N3.2ClH/c1-17-10-13-8-9-19(11-13)12-15-7-6-14-4-2-3-5-16(14)18-15;;/h2-7,13,17H,8-12H2,1H3;2*1H. The van der Waals surface area contributed by atoms with Crippen molar-refractivity contribution in [2.75, 3.05) is 26.7 Å². The molecule has 1 unspecified atom stereocenters. The summed E-state index contributed by atoms with van der Waals surface area (Å²) in [5.41, 5.74) is 2.29. The van der Waals surface area contributed by atoms with Gasteiger partial charge in [0.1, 0.15) is 0 Å². The Bertz CT molecular complexity index is 562. The molecule has 1 N–H and O–H groups in total. The van der Waals surface area contributed by atoms with E-state index in [0.717, 1.165) is 24.5 Å². The number of rotatable bonds is 4. The second kappa shape index (κ2) is 8.54. The topological polar surface area (TPSA) is 28.2 Å². The number of para-hydroxylation sites is 1. The van der Waals surface area contributed by atoms with Crippen LogP contribution in [0.4, 0.5) is 0 Å². The lowest BCUT2D eigenvalue weighted by molar-refractivity contribution is 0.312. The minimum Gasteiger partial charge on any atom is -0.319 e. The molecule has 2 aromatic rings. The maximum Gasteiger partial charge on any atom is 0.0705 e. The van der Waals surface area contributed by atoms with Crippen LogP contribution in [0.15, 0.2) is 36.4 Å². The van der Waals surface area contributed by atoms with Crippen LogP contribution in [-0.4, -0.2) is 36.6 Å². The fourth-order valence-electron chi connectivity index (χ4n) is 2.94. The van der Waals surface area contributed by atoms with Crippen LogP contribution in [0.2, 0.25) is 0 Å². The van der Waals surface area contributed by atoms with E-state index in [1.165, 1.54) is 30.6 Å². The molecule has 0 amide bonds. The highest BCUT2D eigenvalue weighted by Gasteiger charge is 2.21. The molecule has 0 bridgehead atoms. The Morgan fingerprint density at radius 3 is 2.81 bits per heavy atom. The Morgan fingerprint density at radius 1 is 1.19 bits per heavy atom. The molecule has 1 aliphatic rings. The molecule has 0 saturated carbocycles. The minimum absolute atomic E-state index is 0. The fraction of sp³-hybridized carbons (Fsp3) is 0.438. The summed E-state index contributed by atoms with van der Waals surface area (Å²) in [4.78, 5) is 7.27. The number of hydrogen-bond donors (Lipinski definition) is 1. The number of halogens is 2. The maximum absolute atomic E-state index is 4.75. The van der Waals surface area contributed by atoms with E-state index in [1.54, 1.807) is 0 Å². The number of likely N-dealkylation sites (tertiary alicyclic amines) is 1. The van der Waals surface area contributed by atoms with Crippen LogP contribution in [0.1, 0.15) is 12.1 Å². The van der Waals surface area contributed by atoms with Gasteiger partial charge in [0.15, 0.2) is 0 Å². The molecule has 1 fully saturated rings. The van der Waals surface area contributed by atoms with Crippen molar-refractivity contribution in [2.45, 2.75) is 13.0 Å². The zero-order valence-corrected chi connectivity index (χ0v) is 13.9. The molecule has 1 aliphatic heterocycles. The molecule has 0 aliphatic carbocycles. The van der Waals surface area contributed by atoms with E-state index in [-0.39, 0.29) is 24.8 Å². The van der Waals surface area contributed by atoms with Gasteiger partial charge >= 0.3 is 0 Å². The van der Waals surface area contributed by atoms with Gasteiger partial charge in [-0.25, -0.2) is 0 Å². The first kappa shape index (κ1) is 18.2. The van der Waals surface area contributed by atoms with Crippen molar-refractivity contribution in [3.63, 3.8) is 0 Å². The molecule has 1 aromatic carbocycles. The van der Waals surface area contributed by atoms with E-state index in [4.69, 9.17) is 4.98 Å². The summed E-state index contributed by atoms with van der Waals surface area (Å²) in [5.74, 6) is 0.797. The first-order chi connectivity index (χ1) is 9.35. The Hall–Kier alpha value is -0.870. The lowest BCUT2D eigenvalue weighted by atomic mass is 10.1. The van der Waals surface area contributed by atoms with Gasteiger partial charge in [-0.05, 0) is 44.6 Å². The molecule has 0 spiro atoms. The number of hydrogen-bond acceptors (Lipinski definition) is 3. The lowest BCUT2D eigenvalue weighted by Crippen LogP contribution is -2.24. The number of fused-ring (bicyclic) bond motifs is 1. The average molecular weight is 328 g/mol. The zero-order valence-electron chi connectivity index (χ0n) is 12.3. The lowest BCUT2D eigenvalue weighted by Gasteiger charge is -2.15. The number of nitrogens with zero attached hydrogens (tertiary/aromatic N) is 2. The van der Waals surface area contributed by atoms with Crippen molar-refractivity contribution in [1.29, 1.82) is 0 Å². The van der Waals surface area contributed by atoms with Crippen LogP contribution in [0, 0.1) is 5.92 Å². The summed E-state index contributed by atoms with van der Waals surface area (Å²) in [6.45, 7) is 4.49. The van der Waals surface area contributed by atoms with Gasteiger partial charge < -0.3 is 5.32 Å². The molecule has 1 aromatic heterocycles. The molecule has 0 radical (unpaired) electrons. The minimum atomic E-state index is 0. The largest absolute Gasteiger partial charge is 0.319 e. The summed E-state index contributed by atoms with van der Waals surface area (Å²) < 4.78 is 0. The molecule has 1 atom stereocenters. The van der Waals surface area contributed by atoms with Crippen molar-refractivity contribution >= 4 is 35.7 Å². The van der Waals surface area contributed by atoms with Crippen LogP contribution in [0.5, 0.6) is 0 Å². The van der Waals surface area contributed by atoms with Crippen LogP contribution < -0.4 is 5.32 Å². The van der Waals surface area contributed by atoms with Crippen LogP contribution >= 0.6 is 24.8 Å². The second-order valence-electron chi connectivity index (χ2n) is 5.44. The molecular weight excluding hydrogens is 305 g/mol. The van der Waals surface area contributed by atoms with Crippen molar-refractivity contribution < 1.29 is 0 Å². The number of pyridine rings is 1. The highest BCUT2D eigenvalue weighted by molar-refractivity contribution is 5.85. The van der Waals surface area contributed by atoms with Gasteiger partial charge in [0.25, 0.3) is 0 Å². The Labute approximate surface area is 138 Å². The van der Waals surface area contributed by atoms with Gasteiger partial charge in [-0.15, -0.1) is 24.8 Å². The molecule has 5 heteroatoms. The molecular formula is C16H23Cl2N3. The van der Waals surface area contributed by atoms with Gasteiger partial charge in [-0.2, -0.15) is 0 Å². The predicted octanol–water partition coefficient (Wildman–Crippen LogP) is 3.12. The van der Waals surface area contributed by atoms with E-state index in [2.05, 4.69) is 46.6 Å². The molecule has 1 saturated heterocycles. The van der Waals surface area contributed by atoms with Gasteiger partial charge in [0, 0.05) is 18.5 Å². The summed E-state index contributed by atoms with van der Waals surface area (Å²) in [7, 11) is 2.04. The summed E-state index contributed by atoms with van der Waals surface area (Å²) in [6, 6.07) is 12.7. The van der Waals surface area contributed by atoms with Gasteiger partial charge in [-0.3, -0.25) is 9.88 Å². The van der Waals surface area contributed by atoms with Crippen LogP contribution in [0.25, 0.3) is 10.9 Å². The van der Waals surface area contributed by atoms with Crippen molar-refractivity contribution in [2.24, 2.45) is 5.92 Å². The third kappa shape index (κ3) is 4.55. The van der Waals surface area contributed by atoms with Crippen LogP contribution in [-0.2, 0) is 6.54 Å². The molecule has 21 heavy (non-hydrogen) atoms. The van der Waals surface area contributed by atoms with Crippen molar-refractivity contribution in [3.05, 3.63) is 42.1 Å². The monoisotopic (exact) mass is 327 g/mol. The molecule has 3 nitrogen and oxygen atoms in total. The number of benzene rings is 1. The molecule has 116 valence electrons. The average Bonchev–Trinajstić information content (AvgIpc) is 2.86. The maximum atomic E-state index is 4.75. The zero-order chi connectivity index (χ0) is 13.1. The van der Waals surface area contributed by atoms with E-state index in [1.807, 2.05) is 7.05 Å². The van der Waals surface area contributed by atoms with E-state index in [0.29, 0.717) is 0 Å². The summed E-state index contributed by atoms with van der Waals surface area (Å²) >= 11 is 0. The SMILES string of the molecule is CNCC1CCN(Cc2ccc3ccccc3n2)C1.Cl.Cl. The number of aromatic nitrogens is 1. The van der Waals surface area contributed by atoms with Gasteiger partial charge in [-0.1, -0.05) is 24.3 Å².